The largest absolute Gasteiger partial charge is 0.573 e. The van der Waals surface area contributed by atoms with Crippen LogP contribution in [0.2, 0.25) is 0 Å². The second kappa shape index (κ2) is 13.1. The zero-order chi connectivity index (χ0) is 30.4. The zero-order valence-corrected chi connectivity index (χ0v) is 23.3. The number of halogens is 4. The summed E-state index contributed by atoms with van der Waals surface area (Å²) < 4.78 is 55.1. The summed E-state index contributed by atoms with van der Waals surface area (Å²) in [6.45, 7) is 1.33. The number of anilines is 3. The van der Waals surface area contributed by atoms with Crippen molar-refractivity contribution in [2.24, 2.45) is 0 Å². The fourth-order valence-electron chi connectivity index (χ4n) is 4.60. The van der Waals surface area contributed by atoms with Crippen molar-refractivity contribution in [3.05, 3.63) is 82.6 Å². The Morgan fingerprint density at radius 3 is 2.53 bits per heavy atom. The van der Waals surface area contributed by atoms with Crippen LogP contribution in [-0.2, 0) is 22.4 Å². The number of rotatable bonds is 9. The fraction of sp³-hybridized carbons (Fsp3) is 0.286. The van der Waals surface area contributed by atoms with Crippen molar-refractivity contribution in [3.63, 3.8) is 0 Å². The molecule has 0 saturated carbocycles. The molecule has 0 radical (unpaired) electrons. The molecule has 15 heteroatoms. The number of aromatic nitrogens is 4. The molecule has 2 aromatic carbocycles. The topological polar surface area (TPSA) is 122 Å². The Labute approximate surface area is 247 Å². The molecule has 0 spiro atoms. The summed E-state index contributed by atoms with van der Waals surface area (Å²) in [5, 5.41) is 23.0. The predicted molar refractivity (Wildman–Crippen MR) is 150 cm³/mol. The van der Waals surface area contributed by atoms with E-state index in [-0.39, 0.29) is 30.5 Å². The third kappa shape index (κ3) is 8.44. The maximum atomic E-state index is 13.9. The van der Waals surface area contributed by atoms with Gasteiger partial charge < -0.3 is 20.3 Å². The number of piperidine rings is 1. The Bertz CT molecular complexity index is 1580. The van der Waals surface area contributed by atoms with Crippen LogP contribution >= 0.6 is 11.3 Å². The van der Waals surface area contributed by atoms with E-state index >= 15 is 0 Å². The molecule has 10 nitrogen and oxygen atoms in total. The molecule has 3 heterocycles. The number of alkyl halides is 3. The van der Waals surface area contributed by atoms with E-state index in [0.29, 0.717) is 28.6 Å². The van der Waals surface area contributed by atoms with Crippen LogP contribution in [0, 0.1) is 5.82 Å². The molecule has 1 aliphatic rings. The van der Waals surface area contributed by atoms with Gasteiger partial charge in [0, 0.05) is 19.0 Å². The molecule has 1 saturated heterocycles. The third-order valence-corrected chi connectivity index (χ3v) is 7.51. The van der Waals surface area contributed by atoms with Gasteiger partial charge >= 0.3 is 6.36 Å². The second-order valence-electron chi connectivity index (χ2n) is 9.74. The van der Waals surface area contributed by atoms with E-state index < -0.39 is 23.8 Å². The predicted octanol–water partition coefficient (Wildman–Crippen LogP) is 5.11. The molecule has 1 atom stereocenters. The summed E-state index contributed by atoms with van der Waals surface area (Å²) in [7, 11) is 0. The number of carbonyl (C=O) groups is 2. The number of hydrogen-bond acceptors (Lipinski definition) is 9. The van der Waals surface area contributed by atoms with Gasteiger partial charge in [0.05, 0.1) is 12.8 Å². The van der Waals surface area contributed by atoms with E-state index in [2.05, 4.69) is 35.8 Å². The SMILES string of the molecule is O=C(Cc1cccc(OC(F)(F)F)c1)Nc1ccc(N2CCCC(c3nnc(NC(=O)Cc4ccccc4F)s3)C2)nn1. The number of benzene rings is 2. The molecule has 43 heavy (non-hydrogen) atoms. The van der Waals surface area contributed by atoms with Crippen molar-refractivity contribution in [2.75, 3.05) is 28.6 Å². The summed E-state index contributed by atoms with van der Waals surface area (Å²) in [4.78, 5) is 26.8. The van der Waals surface area contributed by atoms with Gasteiger partial charge in [-0.3, -0.25) is 9.59 Å². The minimum atomic E-state index is -4.82. The van der Waals surface area contributed by atoms with Crippen LogP contribution < -0.4 is 20.3 Å². The number of nitrogens with zero attached hydrogens (tertiary/aromatic N) is 5. The Balaban J connectivity index is 1.13. The first kappa shape index (κ1) is 29.8. The van der Waals surface area contributed by atoms with E-state index in [0.717, 1.165) is 36.5 Å². The van der Waals surface area contributed by atoms with E-state index in [1.165, 1.54) is 29.5 Å². The average Bonchev–Trinajstić information content (AvgIpc) is 3.42. The quantitative estimate of drug-likeness (QED) is 0.249. The Morgan fingerprint density at radius 1 is 0.953 bits per heavy atom. The molecule has 1 aliphatic heterocycles. The van der Waals surface area contributed by atoms with Crippen molar-refractivity contribution in [2.45, 2.75) is 38.0 Å². The Kier molecular flexibility index (Phi) is 9.09. The lowest BCUT2D eigenvalue weighted by Gasteiger charge is -2.32. The Hall–Kier alpha value is -4.66. The molecule has 224 valence electrons. The first-order chi connectivity index (χ1) is 20.6. The van der Waals surface area contributed by atoms with Crippen LogP contribution in [0.15, 0.2) is 60.7 Å². The summed E-state index contributed by atoms with van der Waals surface area (Å²) in [5.74, 6) is -0.868. The van der Waals surface area contributed by atoms with Crippen molar-refractivity contribution in [1.29, 1.82) is 0 Å². The number of carbonyl (C=O) groups excluding carboxylic acids is 2. The number of nitrogens with one attached hydrogen (secondary N) is 2. The number of amides is 2. The molecule has 4 aromatic rings. The van der Waals surface area contributed by atoms with Crippen LogP contribution in [0.1, 0.15) is 34.9 Å². The number of hydrogen-bond donors (Lipinski definition) is 2. The standard InChI is InChI=1S/C28H25F4N7O3S/c29-21-9-2-1-6-18(21)15-25(41)34-27-38-37-26(43-27)19-7-4-12-39(16-19)23-11-10-22(35-36-23)33-24(40)14-17-5-3-8-20(13-17)42-28(30,31)32/h1-3,5-6,8-11,13,19H,4,7,12,14-16H2,(H,33,35,40)(H,34,38,41). The minimum absolute atomic E-state index is 0.0433. The summed E-state index contributed by atoms with van der Waals surface area (Å²) >= 11 is 1.27. The average molecular weight is 616 g/mol. The minimum Gasteiger partial charge on any atom is -0.406 e. The van der Waals surface area contributed by atoms with Crippen LogP contribution in [0.25, 0.3) is 0 Å². The van der Waals surface area contributed by atoms with Gasteiger partial charge in [0.2, 0.25) is 16.9 Å². The van der Waals surface area contributed by atoms with Gasteiger partial charge in [-0.1, -0.05) is 41.7 Å². The molecule has 2 amide bonds. The highest BCUT2D eigenvalue weighted by molar-refractivity contribution is 7.15. The highest BCUT2D eigenvalue weighted by Crippen LogP contribution is 2.32. The van der Waals surface area contributed by atoms with Gasteiger partial charge in [-0.25, -0.2) is 4.39 Å². The van der Waals surface area contributed by atoms with Crippen molar-refractivity contribution in [3.8, 4) is 5.75 Å². The van der Waals surface area contributed by atoms with Gasteiger partial charge in [0.15, 0.2) is 11.6 Å². The first-order valence-corrected chi connectivity index (χ1v) is 14.0. The smallest absolute Gasteiger partial charge is 0.406 e. The normalized spacial score (nSPS) is 15.2. The molecular weight excluding hydrogens is 590 g/mol. The molecule has 0 aliphatic carbocycles. The highest BCUT2D eigenvalue weighted by atomic mass is 32.1. The molecular formula is C28H25F4N7O3S. The molecule has 2 N–H and O–H groups in total. The lowest BCUT2D eigenvalue weighted by molar-refractivity contribution is -0.274. The molecule has 1 unspecified atom stereocenters. The Morgan fingerprint density at radius 2 is 1.77 bits per heavy atom. The van der Waals surface area contributed by atoms with E-state index in [1.807, 2.05) is 4.90 Å². The van der Waals surface area contributed by atoms with E-state index in [9.17, 15) is 27.2 Å². The first-order valence-electron chi connectivity index (χ1n) is 13.2. The molecule has 5 rings (SSSR count). The van der Waals surface area contributed by atoms with Gasteiger partial charge in [0.1, 0.15) is 16.6 Å². The fourth-order valence-corrected chi connectivity index (χ4v) is 5.49. The van der Waals surface area contributed by atoms with Crippen molar-refractivity contribution >= 4 is 39.9 Å². The van der Waals surface area contributed by atoms with Crippen LogP contribution in [0.5, 0.6) is 5.75 Å². The van der Waals surface area contributed by atoms with Crippen LogP contribution in [0.4, 0.5) is 34.3 Å². The van der Waals surface area contributed by atoms with E-state index in [1.54, 1.807) is 30.3 Å². The summed E-state index contributed by atoms with van der Waals surface area (Å²) in [6.07, 6.45) is -3.39. The zero-order valence-electron chi connectivity index (χ0n) is 22.5. The number of ether oxygens (including phenoxy) is 1. The van der Waals surface area contributed by atoms with Crippen molar-refractivity contribution in [1.82, 2.24) is 20.4 Å². The molecule has 1 fully saturated rings. The van der Waals surface area contributed by atoms with E-state index in [4.69, 9.17) is 0 Å². The third-order valence-electron chi connectivity index (χ3n) is 6.51. The van der Waals surface area contributed by atoms with Gasteiger partial charge in [-0.15, -0.1) is 33.6 Å². The monoisotopic (exact) mass is 615 g/mol. The maximum absolute atomic E-state index is 13.9. The molecule has 2 aromatic heterocycles. The lowest BCUT2D eigenvalue weighted by Crippen LogP contribution is -2.35. The second-order valence-corrected chi connectivity index (χ2v) is 10.8. The van der Waals surface area contributed by atoms with Crippen LogP contribution in [0.3, 0.4) is 0 Å². The van der Waals surface area contributed by atoms with Gasteiger partial charge in [0.25, 0.3) is 0 Å². The van der Waals surface area contributed by atoms with Crippen molar-refractivity contribution < 1.29 is 31.9 Å². The lowest BCUT2D eigenvalue weighted by atomic mass is 9.99. The van der Waals surface area contributed by atoms with Crippen LogP contribution in [-0.4, -0.2) is 51.7 Å². The van der Waals surface area contributed by atoms with Gasteiger partial charge in [-0.2, -0.15) is 0 Å². The summed E-state index contributed by atoms with van der Waals surface area (Å²) in [5.41, 5.74) is 0.636. The highest BCUT2D eigenvalue weighted by Gasteiger charge is 2.31. The van der Waals surface area contributed by atoms with Gasteiger partial charge in [-0.05, 0) is 54.3 Å². The summed E-state index contributed by atoms with van der Waals surface area (Å²) in [6, 6.07) is 14.6. The maximum Gasteiger partial charge on any atom is 0.573 e. The molecule has 0 bridgehead atoms.